The second-order valence-electron chi connectivity index (χ2n) is 4.40. The van der Waals surface area contributed by atoms with Crippen LogP contribution in [0, 0.1) is 13.8 Å². The number of thiazole rings is 1. The minimum Gasteiger partial charge on any atom is -0.466 e. The number of anilines is 1. The van der Waals surface area contributed by atoms with Gasteiger partial charge in [-0.15, -0.1) is 22.7 Å². The van der Waals surface area contributed by atoms with Gasteiger partial charge in [0.05, 0.1) is 5.69 Å². The van der Waals surface area contributed by atoms with Gasteiger partial charge >= 0.3 is 0 Å². The Labute approximate surface area is 130 Å². The summed E-state index contributed by atoms with van der Waals surface area (Å²) >= 11 is 2.42. The Morgan fingerprint density at radius 2 is 2.10 bits per heavy atom. The number of rotatable bonds is 4. The summed E-state index contributed by atoms with van der Waals surface area (Å²) in [6.45, 7) is 3.72. The van der Waals surface area contributed by atoms with Gasteiger partial charge in [0.15, 0.2) is 5.13 Å². The highest BCUT2D eigenvalue weighted by molar-refractivity contribution is 7.94. The van der Waals surface area contributed by atoms with E-state index < -0.39 is 10.0 Å². The maximum absolute atomic E-state index is 12.1. The van der Waals surface area contributed by atoms with E-state index in [4.69, 9.17) is 4.42 Å². The number of hydrogen-bond acceptors (Lipinski definition) is 6. The van der Waals surface area contributed by atoms with Crippen molar-refractivity contribution in [3.05, 3.63) is 40.5 Å². The zero-order chi connectivity index (χ0) is 15.0. The van der Waals surface area contributed by atoms with Crippen LogP contribution in [0.3, 0.4) is 0 Å². The maximum atomic E-state index is 12.1. The number of aromatic nitrogens is 1. The summed E-state index contributed by atoms with van der Waals surface area (Å²) < 4.78 is 32.5. The normalized spacial score (nSPS) is 11.7. The van der Waals surface area contributed by atoms with Gasteiger partial charge in [-0.3, -0.25) is 4.72 Å². The molecule has 0 bridgehead atoms. The van der Waals surface area contributed by atoms with Crippen molar-refractivity contribution in [2.75, 3.05) is 4.72 Å². The molecular weight excluding hydrogens is 328 g/mol. The van der Waals surface area contributed by atoms with Crippen LogP contribution in [0.15, 0.2) is 37.6 Å². The van der Waals surface area contributed by atoms with Crippen LogP contribution in [0.4, 0.5) is 5.13 Å². The van der Waals surface area contributed by atoms with E-state index in [9.17, 15) is 8.42 Å². The van der Waals surface area contributed by atoms with Crippen LogP contribution in [0.1, 0.15) is 11.5 Å². The summed E-state index contributed by atoms with van der Waals surface area (Å²) in [6.07, 6.45) is 0. The third-order valence-corrected chi connectivity index (χ3v) is 6.43. The quantitative estimate of drug-likeness (QED) is 0.782. The molecule has 110 valence electrons. The predicted octanol–water partition coefficient (Wildman–Crippen LogP) is 3.88. The van der Waals surface area contributed by atoms with Crippen LogP contribution < -0.4 is 4.72 Å². The molecule has 0 aromatic carbocycles. The first-order valence-corrected chi connectivity index (χ1v) is 9.29. The first-order valence-electron chi connectivity index (χ1n) is 6.05. The molecule has 0 unspecified atom stereocenters. The van der Waals surface area contributed by atoms with Gasteiger partial charge < -0.3 is 4.42 Å². The molecule has 0 spiro atoms. The van der Waals surface area contributed by atoms with Crippen molar-refractivity contribution in [2.45, 2.75) is 18.1 Å². The molecule has 0 atom stereocenters. The van der Waals surface area contributed by atoms with Gasteiger partial charge in [-0.25, -0.2) is 13.4 Å². The smallest absolute Gasteiger partial charge is 0.273 e. The average Bonchev–Trinajstić information content (AvgIpc) is 3.10. The Morgan fingerprint density at radius 1 is 1.29 bits per heavy atom. The lowest BCUT2D eigenvalue weighted by molar-refractivity contribution is 0.505. The molecule has 0 saturated heterocycles. The molecule has 3 aromatic rings. The molecule has 0 aliphatic heterocycles. The van der Waals surface area contributed by atoms with Crippen molar-refractivity contribution in [3.8, 4) is 11.3 Å². The second-order valence-corrected chi connectivity index (χ2v) is 8.12. The Balaban J connectivity index is 1.88. The summed E-state index contributed by atoms with van der Waals surface area (Å²) in [6, 6.07) is 5.15. The minimum absolute atomic E-state index is 0.273. The number of furan rings is 1. The summed E-state index contributed by atoms with van der Waals surface area (Å²) in [4.78, 5) is 4.32. The van der Waals surface area contributed by atoms with E-state index >= 15 is 0 Å². The summed E-state index contributed by atoms with van der Waals surface area (Å²) in [5.74, 6) is 1.57. The molecular formula is C13H12N2O3S3. The Hall–Kier alpha value is -1.64. The molecule has 0 amide bonds. The number of nitrogens with one attached hydrogen (secondary N) is 1. The summed E-state index contributed by atoms with van der Waals surface area (Å²) in [7, 11) is -3.55. The van der Waals surface area contributed by atoms with Gasteiger partial charge in [0, 0.05) is 10.9 Å². The fourth-order valence-corrected chi connectivity index (χ4v) is 4.87. The molecule has 0 fully saturated rings. The van der Waals surface area contributed by atoms with E-state index in [2.05, 4.69) is 9.71 Å². The molecule has 0 aliphatic carbocycles. The molecule has 1 N–H and O–H groups in total. The van der Waals surface area contributed by atoms with Crippen LogP contribution >= 0.6 is 22.7 Å². The zero-order valence-electron chi connectivity index (χ0n) is 11.3. The van der Waals surface area contributed by atoms with Gasteiger partial charge in [0.25, 0.3) is 10.0 Å². The van der Waals surface area contributed by atoms with Crippen molar-refractivity contribution in [3.63, 3.8) is 0 Å². The number of thiophene rings is 1. The SMILES string of the molecule is Cc1cc(-c2csc(NS(=O)(=O)c3cccs3)n2)c(C)o1. The minimum atomic E-state index is -3.55. The average molecular weight is 340 g/mol. The molecule has 8 heteroatoms. The largest absolute Gasteiger partial charge is 0.466 e. The van der Waals surface area contributed by atoms with Crippen molar-refractivity contribution < 1.29 is 12.8 Å². The van der Waals surface area contributed by atoms with Crippen LogP contribution in [-0.4, -0.2) is 13.4 Å². The number of nitrogens with zero attached hydrogens (tertiary/aromatic N) is 1. The molecule has 0 radical (unpaired) electrons. The van der Waals surface area contributed by atoms with Crippen molar-refractivity contribution in [1.82, 2.24) is 4.98 Å². The second kappa shape index (κ2) is 5.28. The molecule has 3 rings (SSSR count). The highest BCUT2D eigenvalue weighted by atomic mass is 32.2. The molecule has 3 heterocycles. The van der Waals surface area contributed by atoms with Gasteiger partial charge in [0.2, 0.25) is 0 Å². The van der Waals surface area contributed by atoms with Gasteiger partial charge in [0.1, 0.15) is 15.7 Å². The Morgan fingerprint density at radius 3 is 2.71 bits per heavy atom. The summed E-state index contributed by atoms with van der Waals surface area (Å²) in [5, 5.41) is 3.87. The third kappa shape index (κ3) is 2.87. The lowest BCUT2D eigenvalue weighted by Gasteiger charge is -2.01. The highest BCUT2D eigenvalue weighted by Gasteiger charge is 2.18. The van der Waals surface area contributed by atoms with Crippen LogP contribution in [-0.2, 0) is 10.0 Å². The van der Waals surface area contributed by atoms with E-state index in [-0.39, 0.29) is 4.21 Å². The van der Waals surface area contributed by atoms with Crippen molar-refractivity contribution in [1.29, 1.82) is 0 Å². The van der Waals surface area contributed by atoms with Gasteiger partial charge in [-0.2, -0.15) is 0 Å². The highest BCUT2D eigenvalue weighted by Crippen LogP contribution is 2.30. The monoisotopic (exact) mass is 340 g/mol. The molecule has 0 aliphatic rings. The standard InChI is InChI=1S/C13H12N2O3S3/c1-8-6-10(9(2)18-8)11-7-20-13(14-11)15-21(16,17)12-4-3-5-19-12/h3-7H,1-2H3,(H,14,15). The number of sulfonamides is 1. The first-order chi connectivity index (χ1) is 9.95. The molecule has 3 aromatic heterocycles. The lowest BCUT2D eigenvalue weighted by Crippen LogP contribution is -2.11. The predicted molar refractivity (Wildman–Crippen MR) is 84.4 cm³/mol. The Kier molecular flexibility index (Phi) is 3.60. The first kappa shape index (κ1) is 14.3. The fourth-order valence-electron chi connectivity index (χ4n) is 1.91. The van der Waals surface area contributed by atoms with Gasteiger partial charge in [-0.1, -0.05) is 6.07 Å². The third-order valence-electron chi connectivity index (χ3n) is 2.80. The molecule has 0 saturated carbocycles. The molecule has 21 heavy (non-hydrogen) atoms. The zero-order valence-corrected chi connectivity index (χ0v) is 13.7. The van der Waals surface area contributed by atoms with Crippen molar-refractivity contribution in [2.24, 2.45) is 0 Å². The lowest BCUT2D eigenvalue weighted by atomic mass is 10.2. The molecule has 5 nitrogen and oxygen atoms in total. The van der Waals surface area contributed by atoms with E-state index in [0.717, 1.165) is 17.1 Å². The van der Waals surface area contributed by atoms with Crippen LogP contribution in [0.25, 0.3) is 11.3 Å². The number of aryl methyl sites for hydroxylation is 2. The van der Waals surface area contributed by atoms with Gasteiger partial charge in [-0.05, 0) is 31.4 Å². The maximum Gasteiger partial charge on any atom is 0.273 e. The van der Waals surface area contributed by atoms with E-state index in [1.54, 1.807) is 17.5 Å². The van der Waals surface area contributed by atoms with Crippen LogP contribution in [0.2, 0.25) is 0 Å². The van der Waals surface area contributed by atoms with E-state index in [1.807, 2.05) is 25.3 Å². The number of hydrogen-bond donors (Lipinski definition) is 1. The Bertz CT molecular complexity index is 861. The fraction of sp³-hybridized carbons (Fsp3) is 0.154. The topological polar surface area (TPSA) is 72.2 Å². The van der Waals surface area contributed by atoms with E-state index in [0.29, 0.717) is 10.8 Å². The summed E-state index contributed by atoms with van der Waals surface area (Å²) in [5.41, 5.74) is 1.59. The van der Waals surface area contributed by atoms with Crippen molar-refractivity contribution >= 4 is 37.8 Å². The van der Waals surface area contributed by atoms with Crippen LogP contribution in [0.5, 0.6) is 0 Å². The van der Waals surface area contributed by atoms with E-state index in [1.165, 1.54) is 22.7 Å².